The highest BCUT2D eigenvalue weighted by atomic mass is 15.0. The summed E-state index contributed by atoms with van der Waals surface area (Å²) in [6.45, 7) is 2.04. The van der Waals surface area contributed by atoms with Crippen molar-refractivity contribution in [2.75, 3.05) is 11.9 Å². The highest BCUT2D eigenvalue weighted by Crippen LogP contribution is 2.14. The van der Waals surface area contributed by atoms with Gasteiger partial charge < -0.3 is 4.81 Å². The molecule has 0 aliphatic heterocycles. The van der Waals surface area contributed by atoms with E-state index in [1.54, 1.807) is 4.81 Å². The zero-order valence-electron chi connectivity index (χ0n) is 6.33. The number of para-hydroxylation sites is 1. The lowest BCUT2D eigenvalue weighted by Crippen LogP contribution is -2.12. The molecule has 0 fully saturated rings. The van der Waals surface area contributed by atoms with E-state index in [0.717, 1.165) is 5.69 Å². The third kappa shape index (κ3) is 1.32. The fraction of sp³-hybridized carbons (Fsp3) is 0.250. The summed E-state index contributed by atoms with van der Waals surface area (Å²) in [4.78, 5) is 1.62. The molecule has 1 aromatic carbocycles. The Morgan fingerprint density at radius 2 is 1.90 bits per heavy atom. The second-order valence-electron chi connectivity index (χ2n) is 2.40. The van der Waals surface area contributed by atoms with Gasteiger partial charge in [0.1, 0.15) is 0 Å². The summed E-state index contributed by atoms with van der Waals surface area (Å²) in [5.41, 5.74) is 2.27. The minimum absolute atomic E-state index is 1.07. The van der Waals surface area contributed by atoms with Crippen molar-refractivity contribution in [3.05, 3.63) is 29.8 Å². The molecule has 2 heteroatoms. The molecule has 0 bridgehead atoms. The first-order chi connectivity index (χ1) is 4.72. The van der Waals surface area contributed by atoms with Crippen LogP contribution in [0.15, 0.2) is 24.3 Å². The van der Waals surface area contributed by atoms with E-state index < -0.39 is 0 Å². The van der Waals surface area contributed by atoms with Crippen molar-refractivity contribution < 1.29 is 0 Å². The molecule has 0 atom stereocenters. The minimum atomic E-state index is 1.07. The third-order valence-corrected chi connectivity index (χ3v) is 1.50. The first-order valence-electron chi connectivity index (χ1n) is 3.26. The minimum Gasteiger partial charge on any atom is -0.427 e. The van der Waals surface area contributed by atoms with E-state index in [1.165, 1.54) is 5.56 Å². The van der Waals surface area contributed by atoms with Crippen molar-refractivity contribution in [1.82, 2.24) is 0 Å². The molecule has 0 spiro atoms. The summed E-state index contributed by atoms with van der Waals surface area (Å²) < 4.78 is 0. The molecular formula is C8H10BN. The summed E-state index contributed by atoms with van der Waals surface area (Å²) in [5.74, 6) is 0. The van der Waals surface area contributed by atoms with Crippen LogP contribution in [0.3, 0.4) is 0 Å². The molecular weight excluding hydrogens is 121 g/mol. The highest BCUT2D eigenvalue weighted by molar-refractivity contribution is 6.17. The van der Waals surface area contributed by atoms with Crippen LogP contribution in [0.2, 0.25) is 0 Å². The van der Waals surface area contributed by atoms with Gasteiger partial charge >= 0.3 is 0 Å². The first kappa shape index (κ1) is 7.20. The van der Waals surface area contributed by atoms with Crippen molar-refractivity contribution in [3.63, 3.8) is 0 Å². The van der Waals surface area contributed by atoms with Crippen LogP contribution in [0.4, 0.5) is 5.69 Å². The summed E-state index contributed by atoms with van der Waals surface area (Å²) in [5, 5.41) is 0. The number of anilines is 1. The van der Waals surface area contributed by atoms with Gasteiger partial charge in [-0.1, -0.05) is 18.2 Å². The maximum Gasteiger partial charge on any atom is 0.226 e. The molecule has 0 N–H and O–H groups in total. The number of aryl methyl sites for hydroxylation is 1. The zero-order valence-corrected chi connectivity index (χ0v) is 6.33. The molecule has 1 nitrogen and oxygen atoms in total. The van der Waals surface area contributed by atoms with Crippen molar-refractivity contribution in [2.45, 2.75) is 6.92 Å². The molecule has 10 heavy (non-hydrogen) atoms. The zero-order chi connectivity index (χ0) is 7.56. The maximum atomic E-state index is 5.55. The summed E-state index contributed by atoms with van der Waals surface area (Å²) in [6.07, 6.45) is 0. The van der Waals surface area contributed by atoms with Gasteiger partial charge in [0.25, 0.3) is 0 Å². The smallest absolute Gasteiger partial charge is 0.226 e. The lowest BCUT2D eigenvalue weighted by atomic mass is 10.1. The van der Waals surface area contributed by atoms with Crippen molar-refractivity contribution >= 4 is 13.7 Å². The van der Waals surface area contributed by atoms with Gasteiger partial charge in [0.2, 0.25) is 7.98 Å². The summed E-state index contributed by atoms with van der Waals surface area (Å²) in [6, 6.07) is 8.02. The molecule has 2 radical (unpaired) electrons. The first-order valence-corrected chi connectivity index (χ1v) is 3.26. The lowest BCUT2D eigenvalue weighted by Gasteiger charge is -2.14. The second-order valence-corrected chi connectivity index (χ2v) is 2.40. The Labute approximate surface area is 63.1 Å². The van der Waals surface area contributed by atoms with Gasteiger partial charge in [-0.2, -0.15) is 0 Å². The largest absolute Gasteiger partial charge is 0.427 e. The molecule has 1 rings (SSSR count). The topological polar surface area (TPSA) is 3.24 Å². The van der Waals surface area contributed by atoms with E-state index in [1.807, 2.05) is 38.2 Å². The quantitative estimate of drug-likeness (QED) is 0.522. The van der Waals surface area contributed by atoms with E-state index in [2.05, 4.69) is 0 Å². The molecule has 0 aliphatic carbocycles. The fourth-order valence-electron chi connectivity index (χ4n) is 0.959. The van der Waals surface area contributed by atoms with Crippen molar-refractivity contribution in [1.29, 1.82) is 0 Å². The van der Waals surface area contributed by atoms with Crippen LogP contribution in [-0.2, 0) is 0 Å². The standard InChI is InChI=1S/C8H10BN/c1-7-5-3-4-6-8(7)10(2)9/h3-6H,1-2H3. The van der Waals surface area contributed by atoms with Crippen LogP contribution in [0.25, 0.3) is 0 Å². The van der Waals surface area contributed by atoms with Crippen LogP contribution in [0, 0.1) is 6.92 Å². The van der Waals surface area contributed by atoms with Gasteiger partial charge in [-0.3, -0.25) is 0 Å². The van der Waals surface area contributed by atoms with Gasteiger partial charge in [0, 0.05) is 5.69 Å². The average Bonchev–Trinajstić information content (AvgIpc) is 1.88. The molecule has 0 heterocycles. The Bertz CT molecular complexity index is 220. The van der Waals surface area contributed by atoms with Crippen molar-refractivity contribution in [3.8, 4) is 0 Å². The molecule has 0 amide bonds. The van der Waals surface area contributed by atoms with E-state index in [9.17, 15) is 0 Å². The second kappa shape index (κ2) is 2.78. The highest BCUT2D eigenvalue weighted by Gasteiger charge is 1.95. The Morgan fingerprint density at radius 1 is 1.30 bits per heavy atom. The summed E-state index contributed by atoms with van der Waals surface area (Å²) >= 11 is 0. The lowest BCUT2D eigenvalue weighted by molar-refractivity contribution is 1.29. The molecule has 0 unspecified atom stereocenters. The maximum absolute atomic E-state index is 5.55. The average molecular weight is 131 g/mol. The van der Waals surface area contributed by atoms with Gasteiger partial charge in [-0.05, 0) is 25.6 Å². The molecule has 0 saturated carbocycles. The molecule has 0 aromatic heterocycles. The summed E-state index contributed by atoms with van der Waals surface area (Å²) in [7, 11) is 7.38. The van der Waals surface area contributed by atoms with Crippen LogP contribution < -0.4 is 4.81 Å². The Kier molecular flexibility index (Phi) is 2.00. The number of nitrogens with zero attached hydrogens (tertiary/aromatic N) is 1. The number of rotatable bonds is 1. The third-order valence-electron chi connectivity index (χ3n) is 1.50. The molecule has 0 aliphatic rings. The number of hydrogen-bond acceptors (Lipinski definition) is 1. The van der Waals surface area contributed by atoms with E-state index in [4.69, 9.17) is 7.98 Å². The predicted octanol–water partition coefficient (Wildman–Crippen LogP) is 1.51. The SMILES string of the molecule is [B]N(C)c1ccccc1C. The van der Waals surface area contributed by atoms with Gasteiger partial charge in [-0.15, -0.1) is 0 Å². The number of benzene rings is 1. The Hall–Kier alpha value is -0.915. The molecule has 1 aromatic rings. The molecule has 50 valence electrons. The van der Waals surface area contributed by atoms with E-state index >= 15 is 0 Å². The van der Waals surface area contributed by atoms with Crippen LogP contribution in [-0.4, -0.2) is 15.0 Å². The predicted molar refractivity (Wildman–Crippen MR) is 45.3 cm³/mol. The molecule has 0 saturated heterocycles. The Balaban J connectivity index is 3.03. The van der Waals surface area contributed by atoms with Crippen LogP contribution in [0.5, 0.6) is 0 Å². The Morgan fingerprint density at radius 3 is 2.30 bits per heavy atom. The number of hydrogen-bond donors (Lipinski definition) is 0. The van der Waals surface area contributed by atoms with Gasteiger partial charge in [0.05, 0.1) is 0 Å². The van der Waals surface area contributed by atoms with E-state index in [0.29, 0.717) is 0 Å². The van der Waals surface area contributed by atoms with Gasteiger partial charge in [0.15, 0.2) is 0 Å². The fourth-order valence-corrected chi connectivity index (χ4v) is 0.959. The van der Waals surface area contributed by atoms with Crippen LogP contribution in [0.1, 0.15) is 5.56 Å². The van der Waals surface area contributed by atoms with E-state index in [-0.39, 0.29) is 0 Å². The van der Waals surface area contributed by atoms with Gasteiger partial charge in [-0.25, -0.2) is 0 Å². The monoisotopic (exact) mass is 131 g/mol. The van der Waals surface area contributed by atoms with Crippen LogP contribution >= 0.6 is 0 Å². The normalized spacial score (nSPS) is 9.40. The van der Waals surface area contributed by atoms with Crippen molar-refractivity contribution in [2.24, 2.45) is 0 Å².